The van der Waals surface area contributed by atoms with Crippen molar-refractivity contribution in [1.82, 2.24) is 0 Å². The van der Waals surface area contributed by atoms with Gasteiger partial charge in [-0.1, -0.05) is 0 Å². The van der Waals surface area contributed by atoms with Gasteiger partial charge in [-0.2, -0.15) is 13.2 Å². The monoisotopic (exact) mass is 194 g/mol. The molecule has 0 fully saturated rings. The van der Waals surface area contributed by atoms with Crippen LogP contribution in [0.1, 0.15) is 6.92 Å². The molecule has 0 aromatic carbocycles. The number of aliphatic hydroxyl groups is 2. The van der Waals surface area contributed by atoms with Crippen LogP contribution < -0.4 is 0 Å². The minimum absolute atomic E-state index is 0.467. The topological polar surface area (TPSA) is 40.5 Å². The van der Waals surface area contributed by atoms with Crippen molar-refractivity contribution in [3.63, 3.8) is 0 Å². The molecule has 0 heterocycles. The van der Waals surface area contributed by atoms with Gasteiger partial charge in [-0.05, 0) is 6.92 Å². The summed E-state index contributed by atoms with van der Waals surface area (Å²) in [4.78, 5) is 0. The fraction of sp³-hybridized carbons (Fsp3) is 1.00. The molecule has 0 saturated carbocycles. The summed E-state index contributed by atoms with van der Waals surface area (Å²) in [5, 5.41) is 16.3. The third kappa shape index (κ3) is 2.28. The van der Waals surface area contributed by atoms with Crippen LogP contribution in [0.3, 0.4) is 0 Å². The number of rotatable bonds is 2. The molecule has 2 nitrogen and oxygen atoms in total. The number of alkyl halides is 5. The Balaban J connectivity index is 4.57. The fourth-order valence-electron chi connectivity index (χ4n) is 0.447. The van der Waals surface area contributed by atoms with Gasteiger partial charge in [0.15, 0.2) is 0 Å². The van der Waals surface area contributed by atoms with E-state index < -0.39 is 24.3 Å². The summed E-state index contributed by atoms with van der Waals surface area (Å²) < 4.78 is 58.8. The summed E-state index contributed by atoms with van der Waals surface area (Å²) in [6.45, 7) is 0.467. The second kappa shape index (κ2) is 3.14. The van der Waals surface area contributed by atoms with E-state index in [1.54, 1.807) is 0 Å². The molecule has 7 heteroatoms. The number of halogens is 5. The Morgan fingerprint density at radius 3 is 1.42 bits per heavy atom. The van der Waals surface area contributed by atoms with E-state index in [4.69, 9.17) is 10.2 Å². The standard InChI is InChI=1S/C5H7F5O2/c1-2(11)4(6,7)3(12)5(8,9)10/h2-3,11-12H,1H3. The highest BCUT2D eigenvalue weighted by Gasteiger charge is 2.57. The predicted molar refractivity (Wildman–Crippen MR) is 28.7 cm³/mol. The number of hydrogen-bond acceptors (Lipinski definition) is 2. The van der Waals surface area contributed by atoms with Crippen LogP contribution in [0.15, 0.2) is 0 Å². The molecule has 0 aliphatic rings. The SMILES string of the molecule is CC(O)C(F)(F)C(O)C(F)(F)F. The van der Waals surface area contributed by atoms with E-state index in [1.165, 1.54) is 0 Å². The molecule has 12 heavy (non-hydrogen) atoms. The van der Waals surface area contributed by atoms with Gasteiger partial charge in [0.2, 0.25) is 6.10 Å². The second-order valence-corrected chi connectivity index (χ2v) is 2.29. The Labute approximate surface area is 64.6 Å². The summed E-state index contributed by atoms with van der Waals surface area (Å²) in [6.07, 6.45) is -11.8. The van der Waals surface area contributed by atoms with E-state index in [0.29, 0.717) is 6.92 Å². The van der Waals surface area contributed by atoms with Crippen molar-refractivity contribution < 1.29 is 32.2 Å². The first-order valence-corrected chi connectivity index (χ1v) is 2.90. The highest BCUT2D eigenvalue weighted by Crippen LogP contribution is 2.34. The van der Waals surface area contributed by atoms with Crippen molar-refractivity contribution in [3.05, 3.63) is 0 Å². The van der Waals surface area contributed by atoms with Crippen LogP contribution in [0, 0.1) is 0 Å². The van der Waals surface area contributed by atoms with Gasteiger partial charge in [-0.25, -0.2) is 8.78 Å². The van der Waals surface area contributed by atoms with E-state index >= 15 is 0 Å². The molecular formula is C5H7F5O2. The Kier molecular flexibility index (Phi) is 3.02. The van der Waals surface area contributed by atoms with Crippen LogP contribution in [-0.4, -0.2) is 34.5 Å². The van der Waals surface area contributed by atoms with Gasteiger partial charge in [0.25, 0.3) is 0 Å². The van der Waals surface area contributed by atoms with Crippen LogP contribution in [0.25, 0.3) is 0 Å². The first kappa shape index (κ1) is 11.6. The molecule has 0 radical (unpaired) electrons. The van der Waals surface area contributed by atoms with Gasteiger partial charge in [0, 0.05) is 0 Å². The third-order valence-electron chi connectivity index (χ3n) is 1.23. The largest absolute Gasteiger partial charge is 0.420 e. The molecule has 2 unspecified atom stereocenters. The zero-order valence-corrected chi connectivity index (χ0v) is 5.94. The lowest BCUT2D eigenvalue weighted by Gasteiger charge is -2.26. The van der Waals surface area contributed by atoms with Crippen molar-refractivity contribution in [2.45, 2.75) is 31.2 Å². The van der Waals surface area contributed by atoms with Gasteiger partial charge in [-0.3, -0.25) is 0 Å². The highest BCUT2D eigenvalue weighted by molar-refractivity contribution is 4.86. The van der Waals surface area contributed by atoms with Gasteiger partial charge in [0.05, 0.1) is 0 Å². The predicted octanol–water partition coefficient (Wildman–Crippen LogP) is 0.926. The maximum absolute atomic E-state index is 12.2. The molecule has 2 N–H and O–H groups in total. The summed E-state index contributed by atoms with van der Waals surface area (Å²) in [5.41, 5.74) is 0. The van der Waals surface area contributed by atoms with Crippen LogP contribution >= 0.6 is 0 Å². The lowest BCUT2D eigenvalue weighted by Crippen LogP contribution is -2.50. The van der Waals surface area contributed by atoms with E-state index in [1.807, 2.05) is 0 Å². The molecule has 0 saturated heterocycles. The van der Waals surface area contributed by atoms with Crippen LogP contribution in [-0.2, 0) is 0 Å². The quantitative estimate of drug-likeness (QED) is 0.642. The molecule has 2 atom stereocenters. The Hall–Kier alpha value is -0.430. The lowest BCUT2D eigenvalue weighted by molar-refractivity contribution is -0.288. The molecule has 0 aliphatic heterocycles. The van der Waals surface area contributed by atoms with Crippen molar-refractivity contribution in [2.24, 2.45) is 0 Å². The normalized spacial score (nSPS) is 19.0. The second-order valence-electron chi connectivity index (χ2n) is 2.29. The molecule has 74 valence electrons. The zero-order chi connectivity index (χ0) is 10.2. The zero-order valence-electron chi connectivity index (χ0n) is 5.94. The van der Waals surface area contributed by atoms with Crippen LogP contribution in [0.4, 0.5) is 22.0 Å². The summed E-state index contributed by atoms with van der Waals surface area (Å²) in [6, 6.07) is 0. The Bertz CT molecular complexity index is 152. The van der Waals surface area contributed by atoms with E-state index in [2.05, 4.69) is 0 Å². The fourth-order valence-corrected chi connectivity index (χ4v) is 0.447. The number of hydrogen-bond donors (Lipinski definition) is 2. The van der Waals surface area contributed by atoms with Crippen LogP contribution in [0.5, 0.6) is 0 Å². The molecule has 0 aromatic rings. The minimum Gasteiger partial charge on any atom is -0.387 e. The van der Waals surface area contributed by atoms with Gasteiger partial charge in [0.1, 0.15) is 6.10 Å². The summed E-state index contributed by atoms with van der Waals surface area (Å²) in [5.74, 6) is -4.57. The molecule has 0 aliphatic carbocycles. The molecule has 0 aromatic heterocycles. The first-order valence-electron chi connectivity index (χ1n) is 2.90. The lowest BCUT2D eigenvalue weighted by atomic mass is 10.1. The Morgan fingerprint density at radius 1 is 1.00 bits per heavy atom. The molecule has 0 spiro atoms. The molecule has 0 amide bonds. The average Bonchev–Trinajstić information content (AvgIpc) is 1.83. The average molecular weight is 194 g/mol. The van der Waals surface area contributed by atoms with E-state index in [0.717, 1.165) is 0 Å². The number of aliphatic hydroxyl groups excluding tert-OH is 2. The maximum atomic E-state index is 12.2. The molecular weight excluding hydrogens is 187 g/mol. The van der Waals surface area contributed by atoms with Crippen molar-refractivity contribution in [1.29, 1.82) is 0 Å². The maximum Gasteiger partial charge on any atom is 0.420 e. The van der Waals surface area contributed by atoms with Crippen LogP contribution in [0.2, 0.25) is 0 Å². The summed E-state index contributed by atoms with van der Waals surface area (Å²) in [7, 11) is 0. The minimum atomic E-state index is -5.43. The summed E-state index contributed by atoms with van der Waals surface area (Å²) >= 11 is 0. The van der Waals surface area contributed by atoms with E-state index in [-0.39, 0.29) is 0 Å². The first-order chi connectivity index (χ1) is 5.10. The van der Waals surface area contributed by atoms with Crippen molar-refractivity contribution in [3.8, 4) is 0 Å². The highest BCUT2D eigenvalue weighted by atomic mass is 19.4. The molecule has 0 bridgehead atoms. The van der Waals surface area contributed by atoms with E-state index in [9.17, 15) is 22.0 Å². The van der Waals surface area contributed by atoms with Crippen molar-refractivity contribution >= 4 is 0 Å². The van der Waals surface area contributed by atoms with Gasteiger partial charge in [-0.15, -0.1) is 0 Å². The van der Waals surface area contributed by atoms with Gasteiger partial charge < -0.3 is 10.2 Å². The third-order valence-corrected chi connectivity index (χ3v) is 1.23. The van der Waals surface area contributed by atoms with Crippen molar-refractivity contribution in [2.75, 3.05) is 0 Å². The Morgan fingerprint density at radius 2 is 1.33 bits per heavy atom. The van der Waals surface area contributed by atoms with Gasteiger partial charge >= 0.3 is 12.1 Å². The smallest absolute Gasteiger partial charge is 0.387 e. The molecule has 0 rings (SSSR count).